The summed E-state index contributed by atoms with van der Waals surface area (Å²) in [6, 6.07) is 8.54. The minimum Gasteiger partial charge on any atom is -0.494 e. The van der Waals surface area contributed by atoms with Gasteiger partial charge >= 0.3 is 0 Å². The maximum absolute atomic E-state index is 5.61. The van der Waals surface area contributed by atoms with Crippen LogP contribution in [0, 0.1) is 0 Å². The molecule has 0 aliphatic carbocycles. The topological polar surface area (TPSA) is 30.5 Å². The van der Waals surface area contributed by atoms with E-state index in [-0.39, 0.29) is 12.1 Å². The third-order valence-corrected chi connectivity index (χ3v) is 3.27. The van der Waals surface area contributed by atoms with Crippen LogP contribution < -0.4 is 10.1 Å². The van der Waals surface area contributed by atoms with Crippen LogP contribution in [0.25, 0.3) is 0 Å². The number of likely N-dealkylation sites (N-methyl/N-ethyl adjacent to an activating group) is 1. The highest BCUT2D eigenvalue weighted by molar-refractivity contribution is 5.29. The van der Waals surface area contributed by atoms with Crippen LogP contribution in [0.2, 0.25) is 0 Å². The summed E-state index contributed by atoms with van der Waals surface area (Å²) in [6.07, 6.45) is 3.41. The Hall–Kier alpha value is -1.06. The lowest BCUT2D eigenvalue weighted by Gasteiger charge is -2.26. The molecule has 0 aromatic heterocycles. The van der Waals surface area contributed by atoms with Gasteiger partial charge in [0, 0.05) is 7.11 Å². The molecular formula is C16H27NO2. The second-order valence-corrected chi connectivity index (χ2v) is 4.75. The second-order valence-electron chi connectivity index (χ2n) is 4.75. The Kier molecular flexibility index (Phi) is 7.53. The molecule has 0 spiro atoms. The monoisotopic (exact) mass is 265 g/mol. The molecule has 1 N–H and O–H groups in total. The fourth-order valence-electron chi connectivity index (χ4n) is 2.26. The molecule has 3 nitrogen and oxygen atoms in total. The Bertz CT molecular complexity index is 337. The molecule has 19 heavy (non-hydrogen) atoms. The van der Waals surface area contributed by atoms with Gasteiger partial charge in [0.05, 0.1) is 18.8 Å². The quantitative estimate of drug-likeness (QED) is 0.740. The second kappa shape index (κ2) is 8.94. The largest absolute Gasteiger partial charge is 0.494 e. The van der Waals surface area contributed by atoms with Crippen LogP contribution in [0.3, 0.4) is 0 Å². The Morgan fingerprint density at radius 2 is 1.79 bits per heavy atom. The average Bonchev–Trinajstić information content (AvgIpc) is 2.46. The SMILES string of the molecule is CCCOc1ccc(C(NC)C(CCC)OC)cc1. The Morgan fingerprint density at radius 1 is 1.11 bits per heavy atom. The van der Waals surface area contributed by atoms with E-state index < -0.39 is 0 Å². The molecule has 0 aliphatic heterocycles. The summed E-state index contributed by atoms with van der Waals surface area (Å²) in [7, 11) is 3.76. The molecule has 0 saturated heterocycles. The molecule has 0 heterocycles. The van der Waals surface area contributed by atoms with E-state index >= 15 is 0 Å². The molecule has 0 aliphatic rings. The molecule has 1 aromatic carbocycles. The number of methoxy groups -OCH3 is 1. The van der Waals surface area contributed by atoms with E-state index in [4.69, 9.17) is 9.47 Å². The summed E-state index contributed by atoms with van der Waals surface area (Å²) in [4.78, 5) is 0. The molecule has 1 rings (SSSR count). The predicted molar refractivity (Wildman–Crippen MR) is 79.7 cm³/mol. The molecule has 2 atom stereocenters. The number of ether oxygens (including phenoxy) is 2. The summed E-state index contributed by atoms with van der Waals surface area (Å²) < 4.78 is 11.2. The minimum atomic E-state index is 0.206. The van der Waals surface area contributed by atoms with Crippen molar-refractivity contribution in [3.05, 3.63) is 29.8 Å². The van der Waals surface area contributed by atoms with Crippen molar-refractivity contribution in [2.75, 3.05) is 20.8 Å². The standard InChI is InChI=1S/C16H27NO2/c1-5-7-15(18-4)16(17-3)13-8-10-14(11-9-13)19-12-6-2/h8-11,15-17H,5-7,12H2,1-4H3. The fourth-order valence-corrected chi connectivity index (χ4v) is 2.26. The summed E-state index contributed by atoms with van der Waals surface area (Å²) in [5, 5.41) is 3.35. The molecule has 2 unspecified atom stereocenters. The van der Waals surface area contributed by atoms with Crippen molar-refractivity contribution < 1.29 is 9.47 Å². The van der Waals surface area contributed by atoms with Gasteiger partial charge in [-0.2, -0.15) is 0 Å². The van der Waals surface area contributed by atoms with Crippen LogP contribution in [-0.2, 0) is 4.74 Å². The third kappa shape index (κ3) is 4.84. The van der Waals surface area contributed by atoms with Gasteiger partial charge in [-0.15, -0.1) is 0 Å². The normalized spacial score (nSPS) is 14.1. The molecule has 1 aromatic rings. The lowest BCUT2D eigenvalue weighted by Crippen LogP contribution is -2.30. The number of hydrogen-bond acceptors (Lipinski definition) is 3. The predicted octanol–water partition coefficient (Wildman–Crippen LogP) is 3.55. The molecule has 0 radical (unpaired) electrons. The van der Waals surface area contributed by atoms with Crippen molar-refractivity contribution in [1.82, 2.24) is 5.32 Å². The van der Waals surface area contributed by atoms with Crippen LogP contribution in [0.1, 0.15) is 44.7 Å². The number of benzene rings is 1. The van der Waals surface area contributed by atoms with Crippen LogP contribution >= 0.6 is 0 Å². The molecule has 3 heteroatoms. The van der Waals surface area contributed by atoms with E-state index in [2.05, 4.69) is 31.3 Å². The van der Waals surface area contributed by atoms with Crippen molar-refractivity contribution in [2.45, 2.75) is 45.3 Å². The van der Waals surface area contributed by atoms with Crippen LogP contribution in [0.5, 0.6) is 5.75 Å². The molecule has 0 bridgehead atoms. The molecular weight excluding hydrogens is 238 g/mol. The average molecular weight is 265 g/mol. The fraction of sp³-hybridized carbons (Fsp3) is 0.625. The maximum atomic E-state index is 5.61. The van der Waals surface area contributed by atoms with E-state index in [0.29, 0.717) is 0 Å². The lowest BCUT2D eigenvalue weighted by atomic mass is 9.98. The number of nitrogens with one attached hydrogen (secondary N) is 1. The van der Waals surface area contributed by atoms with Crippen LogP contribution in [0.15, 0.2) is 24.3 Å². The molecule has 0 fully saturated rings. The van der Waals surface area contributed by atoms with Crippen molar-refractivity contribution >= 4 is 0 Å². The molecule has 108 valence electrons. The van der Waals surface area contributed by atoms with Gasteiger partial charge in [-0.25, -0.2) is 0 Å². The van der Waals surface area contributed by atoms with Crippen LogP contribution in [0.4, 0.5) is 0 Å². The third-order valence-electron chi connectivity index (χ3n) is 3.27. The first-order chi connectivity index (χ1) is 9.26. The Balaban J connectivity index is 2.75. The first-order valence-electron chi connectivity index (χ1n) is 7.19. The smallest absolute Gasteiger partial charge is 0.119 e. The van der Waals surface area contributed by atoms with E-state index in [9.17, 15) is 0 Å². The van der Waals surface area contributed by atoms with E-state index in [0.717, 1.165) is 31.6 Å². The minimum absolute atomic E-state index is 0.206. The summed E-state index contributed by atoms with van der Waals surface area (Å²) >= 11 is 0. The van der Waals surface area contributed by atoms with Gasteiger partial charge in [-0.05, 0) is 37.6 Å². The summed E-state index contributed by atoms with van der Waals surface area (Å²) in [6.45, 7) is 5.06. The van der Waals surface area contributed by atoms with Crippen molar-refractivity contribution in [1.29, 1.82) is 0 Å². The van der Waals surface area contributed by atoms with E-state index in [1.807, 2.05) is 19.2 Å². The highest BCUT2D eigenvalue weighted by Gasteiger charge is 2.20. The first-order valence-corrected chi connectivity index (χ1v) is 7.19. The van der Waals surface area contributed by atoms with Gasteiger partial charge < -0.3 is 14.8 Å². The van der Waals surface area contributed by atoms with Gasteiger partial charge in [0.1, 0.15) is 5.75 Å². The zero-order valence-corrected chi connectivity index (χ0v) is 12.6. The Morgan fingerprint density at radius 3 is 2.26 bits per heavy atom. The number of hydrogen-bond donors (Lipinski definition) is 1. The maximum Gasteiger partial charge on any atom is 0.119 e. The van der Waals surface area contributed by atoms with Gasteiger partial charge in [0.15, 0.2) is 0 Å². The summed E-state index contributed by atoms with van der Waals surface area (Å²) in [5.74, 6) is 0.935. The highest BCUT2D eigenvalue weighted by Crippen LogP contribution is 2.24. The van der Waals surface area contributed by atoms with E-state index in [1.54, 1.807) is 7.11 Å². The van der Waals surface area contributed by atoms with Crippen molar-refractivity contribution in [3.63, 3.8) is 0 Å². The van der Waals surface area contributed by atoms with Gasteiger partial charge in [-0.1, -0.05) is 32.4 Å². The van der Waals surface area contributed by atoms with Crippen molar-refractivity contribution in [3.8, 4) is 5.75 Å². The van der Waals surface area contributed by atoms with Gasteiger partial charge in [0.25, 0.3) is 0 Å². The van der Waals surface area contributed by atoms with Gasteiger partial charge in [0.2, 0.25) is 0 Å². The van der Waals surface area contributed by atoms with E-state index in [1.165, 1.54) is 5.56 Å². The molecule has 0 amide bonds. The lowest BCUT2D eigenvalue weighted by molar-refractivity contribution is 0.0630. The summed E-state index contributed by atoms with van der Waals surface area (Å²) in [5.41, 5.74) is 1.24. The molecule has 0 saturated carbocycles. The van der Waals surface area contributed by atoms with Crippen molar-refractivity contribution in [2.24, 2.45) is 0 Å². The Labute approximate surface area is 117 Å². The zero-order chi connectivity index (χ0) is 14.1. The van der Waals surface area contributed by atoms with Crippen LogP contribution in [-0.4, -0.2) is 26.9 Å². The van der Waals surface area contributed by atoms with Gasteiger partial charge in [-0.3, -0.25) is 0 Å². The first kappa shape index (κ1) is 16.0. The highest BCUT2D eigenvalue weighted by atomic mass is 16.5. The number of rotatable bonds is 9. The zero-order valence-electron chi connectivity index (χ0n) is 12.6.